The minimum absolute atomic E-state index is 0.0334. The Hall–Kier alpha value is -12.8. The van der Waals surface area contributed by atoms with Gasteiger partial charge in [0.15, 0.2) is 0 Å². The topological polar surface area (TPSA) is 433 Å². The Kier molecular flexibility index (Phi) is 25.9. The van der Waals surface area contributed by atoms with Crippen molar-refractivity contribution in [3.8, 4) is 5.75 Å². The third kappa shape index (κ3) is 20.9. The van der Waals surface area contributed by atoms with E-state index in [1.165, 1.54) is 48.9 Å². The van der Waals surface area contributed by atoms with Crippen molar-refractivity contribution in [2.75, 3.05) is 19.7 Å². The van der Waals surface area contributed by atoms with Crippen LogP contribution in [0.3, 0.4) is 0 Å². The number of nitrogens with zero attached hydrogens (tertiary/aromatic N) is 3. The molecule has 30 heteroatoms. The Morgan fingerprint density at radius 3 is 1.51 bits per heavy atom. The second kappa shape index (κ2) is 36.5. The van der Waals surface area contributed by atoms with Crippen LogP contribution in [0.1, 0.15) is 58.8 Å². The number of halogens is 1. The molecule has 9 atom stereocenters. The van der Waals surface area contributed by atoms with E-state index < -0.39 is 133 Å². The van der Waals surface area contributed by atoms with Crippen LogP contribution in [0.5, 0.6) is 5.75 Å². The molecule has 0 spiro atoms. The number of nitrogens with one attached hydrogen (secondary N) is 12. The molecule has 0 bridgehead atoms. The number of para-hydroxylation sites is 2. The highest BCUT2D eigenvalue weighted by Crippen LogP contribution is 2.25. The van der Waals surface area contributed by atoms with Crippen LogP contribution in [0, 0.1) is 0 Å². The summed E-state index contributed by atoms with van der Waals surface area (Å²) < 4.78 is 0. The van der Waals surface area contributed by atoms with E-state index in [0.29, 0.717) is 72.3 Å². The molecule has 5 heterocycles. The maximum absolute atomic E-state index is 15.5. The van der Waals surface area contributed by atoms with Crippen LogP contribution in [-0.4, -0.2) is 184 Å². The van der Waals surface area contributed by atoms with Crippen molar-refractivity contribution in [2.24, 2.45) is 0 Å². The first-order chi connectivity index (χ1) is 52.6. The van der Waals surface area contributed by atoms with Crippen molar-refractivity contribution >= 4 is 109 Å². The smallest absolute Gasteiger partial charge is 0.322 e. The zero-order valence-corrected chi connectivity index (χ0v) is 59.9. The number of carboxylic acid groups (broad SMARTS) is 1. The predicted molar refractivity (Wildman–Crippen MR) is 402 cm³/mol. The molecule has 4 aromatic heterocycles. The van der Waals surface area contributed by atoms with Crippen molar-refractivity contribution in [2.45, 2.75) is 119 Å². The summed E-state index contributed by atoms with van der Waals surface area (Å²) in [5.74, 6) is -9.73. The molecule has 0 unspecified atom stereocenters. The number of pyridine rings is 1. The summed E-state index contributed by atoms with van der Waals surface area (Å²) in [4.78, 5) is 177. The second-order valence-corrected chi connectivity index (χ2v) is 27.2. The molecule has 11 rings (SSSR count). The molecule has 0 saturated carbocycles. The van der Waals surface area contributed by atoms with Gasteiger partial charge in [-0.1, -0.05) is 121 Å². The zero-order valence-electron chi connectivity index (χ0n) is 59.1. The number of imidazole rings is 1. The van der Waals surface area contributed by atoms with Crippen LogP contribution in [-0.2, 0) is 97.7 Å². The fourth-order valence-corrected chi connectivity index (χ4v) is 13.4. The lowest BCUT2D eigenvalue weighted by Crippen LogP contribution is -2.62. The summed E-state index contributed by atoms with van der Waals surface area (Å²) >= 11 is 6.26. The van der Waals surface area contributed by atoms with Gasteiger partial charge in [0.25, 0.3) is 0 Å². The molecule has 10 amide bonds. The number of aliphatic carboxylic acids is 1. The first-order valence-corrected chi connectivity index (χ1v) is 35.8. The molecule has 1 aliphatic rings. The number of aromatic hydroxyl groups is 1. The second-order valence-electron chi connectivity index (χ2n) is 26.7. The molecule has 1 aliphatic heterocycles. The largest absolute Gasteiger partial charge is 0.508 e. The molecule has 0 radical (unpaired) electrons. The summed E-state index contributed by atoms with van der Waals surface area (Å²) in [5.41, 5.74) is 4.98. The minimum atomic E-state index is -1.83. The van der Waals surface area contributed by atoms with Gasteiger partial charge in [-0.15, -0.1) is 0 Å². The number of carbonyl (C=O) groups excluding carboxylic acids is 10. The average molecular weight is 1500 g/mol. The first-order valence-electron chi connectivity index (χ1n) is 35.4. The number of likely N-dealkylation sites (tertiary alicyclic amines) is 1. The molecular weight excluding hydrogens is 1420 g/mol. The summed E-state index contributed by atoms with van der Waals surface area (Å²) in [6.45, 7) is -0.425. The quantitative estimate of drug-likeness (QED) is 0.0275. The number of carboxylic acids is 1. The number of benzene rings is 6. The number of hydrogen-bond acceptors (Lipinski definition) is 15. The fraction of sp³-hybridized carbons (Fsp3) is 0.278. The number of aromatic nitrogens is 5. The number of aliphatic hydroxyl groups is 1. The first kappa shape index (κ1) is 77.3. The number of aromatic amines is 3. The van der Waals surface area contributed by atoms with Gasteiger partial charge >= 0.3 is 5.97 Å². The maximum atomic E-state index is 15.5. The van der Waals surface area contributed by atoms with E-state index in [1.807, 2.05) is 54.6 Å². The van der Waals surface area contributed by atoms with E-state index in [-0.39, 0.29) is 63.7 Å². The number of hydrogen-bond donors (Lipinski definition) is 15. The van der Waals surface area contributed by atoms with Gasteiger partial charge in [0, 0.05) is 122 Å². The summed E-state index contributed by atoms with van der Waals surface area (Å²) in [5, 5.41) is 58.5. The third-order valence-corrected chi connectivity index (χ3v) is 19.1. The maximum Gasteiger partial charge on any atom is 0.322 e. The molecule has 109 heavy (non-hydrogen) atoms. The van der Waals surface area contributed by atoms with Crippen LogP contribution in [0.2, 0.25) is 5.02 Å². The third-order valence-electron chi connectivity index (χ3n) is 18.9. The van der Waals surface area contributed by atoms with Crippen molar-refractivity contribution in [1.29, 1.82) is 0 Å². The van der Waals surface area contributed by atoms with Crippen molar-refractivity contribution in [3.63, 3.8) is 0 Å². The van der Waals surface area contributed by atoms with E-state index >= 15 is 14.4 Å². The molecule has 1 fully saturated rings. The van der Waals surface area contributed by atoms with Crippen molar-refractivity contribution in [1.82, 2.24) is 77.7 Å². The Balaban J connectivity index is 0.857. The highest BCUT2D eigenvalue weighted by Gasteiger charge is 2.41. The Morgan fingerprint density at radius 2 is 0.972 bits per heavy atom. The summed E-state index contributed by atoms with van der Waals surface area (Å²) in [6.07, 6.45) is 8.27. The van der Waals surface area contributed by atoms with E-state index in [9.17, 15) is 53.7 Å². The van der Waals surface area contributed by atoms with Gasteiger partial charge in [0.05, 0.1) is 12.9 Å². The number of phenols is 1. The number of H-pyrrole nitrogens is 3. The lowest BCUT2D eigenvalue weighted by molar-refractivity contribution is -0.143. The molecule has 15 N–H and O–H groups in total. The molecular formula is C79H82ClN15O14. The van der Waals surface area contributed by atoms with Crippen LogP contribution < -0.4 is 47.9 Å². The molecule has 564 valence electrons. The van der Waals surface area contributed by atoms with E-state index in [1.54, 1.807) is 97.3 Å². The lowest BCUT2D eigenvalue weighted by atomic mass is 9.99. The monoisotopic (exact) mass is 1500 g/mol. The average Bonchev–Trinajstić information content (AvgIpc) is 1.71. The van der Waals surface area contributed by atoms with E-state index in [4.69, 9.17) is 11.6 Å². The highest BCUT2D eigenvalue weighted by atomic mass is 35.5. The highest BCUT2D eigenvalue weighted by molar-refractivity contribution is 6.30. The van der Waals surface area contributed by atoms with Crippen LogP contribution in [0.25, 0.3) is 32.6 Å². The number of aliphatic hydroxyl groups excluding tert-OH is 1. The zero-order chi connectivity index (χ0) is 77.1. The number of phenolic OH excluding ortho intramolecular Hbond substituents is 1. The van der Waals surface area contributed by atoms with Gasteiger partial charge in [-0.2, -0.15) is 0 Å². The molecule has 0 aliphatic carbocycles. The van der Waals surface area contributed by atoms with Gasteiger partial charge in [-0.3, -0.25) is 57.7 Å². The normalized spacial score (nSPS) is 14.9. The van der Waals surface area contributed by atoms with Gasteiger partial charge in [-0.25, -0.2) is 4.98 Å². The SMILES string of the molecule is CC(=O)N[C@H](Cc1ccc2ccccc2c1)C(=O)N[C@H](Cc1ccc(Cl)cc1)C(=O)N[C@H](Cc1cccnc1)C(=O)N[C@@H](CO)C(=O)N[C@@H](Cc1cnc[nH]1)C(=O)N[C@H](Cc1c[nH]c2ccccc12)C(=O)N[C@@H](Cc1c[nH]c2ccccc12)C(=O)N[C@@H](Cc1ccc(O)cc1)C(=O)N1CCC[C@H]1C(=O)NCC(=O)O. The van der Waals surface area contributed by atoms with E-state index in [0.717, 1.165) is 10.8 Å². The van der Waals surface area contributed by atoms with Crippen LogP contribution in [0.15, 0.2) is 189 Å². The summed E-state index contributed by atoms with van der Waals surface area (Å²) in [7, 11) is 0. The number of fused-ring (bicyclic) bond motifs is 3. The van der Waals surface area contributed by atoms with Gasteiger partial charge < -0.3 is 83.0 Å². The lowest BCUT2D eigenvalue weighted by Gasteiger charge is -2.30. The standard InChI is InChI=1S/C79H82ClN15O14/c1-45(97)87-61(33-48-18-23-50-11-2-3-12-51(50)30-48)71(101)88-62(31-46-19-24-54(80)25-20-46)72(102)89-63(34-49-10-8-28-81-38-49)73(103)94-68(43-96)77(107)92-66(37-55-41-82-44-86-55)76(106)91-64(35-52-39-83-59-15-6-4-13-57(52)59)74(104)90-65(36-53-40-84-60-16-7-5-14-58(53)60)75(105)93-67(32-47-21-26-56(98)27-22-47)79(109)95-29-9-17-69(95)78(108)85-42-70(99)100/h2-8,10-16,18-28,30,38-41,44,61-69,83-84,96,98H,9,17,29,31-37,42-43H2,1H3,(H,82,86)(H,85,108)(H,87,97)(H,88,101)(H,89,102)(H,90,104)(H,91,106)(H,92,107)(H,93,105)(H,94,103)(H,99,100)/t61-,62-,63-,64-,65+,66+,67+,68+,69+/m1/s1. The Morgan fingerprint density at radius 1 is 0.495 bits per heavy atom. The Labute approximate surface area is 629 Å². The van der Waals surface area contributed by atoms with Gasteiger partial charge in [-0.05, 0) is 99.5 Å². The van der Waals surface area contributed by atoms with Gasteiger partial charge in [0.1, 0.15) is 66.7 Å². The minimum Gasteiger partial charge on any atom is -0.508 e. The molecule has 29 nitrogen and oxygen atoms in total. The fourth-order valence-electron chi connectivity index (χ4n) is 13.3. The number of carbonyl (C=O) groups is 11. The van der Waals surface area contributed by atoms with Crippen LogP contribution >= 0.6 is 11.6 Å². The van der Waals surface area contributed by atoms with Crippen molar-refractivity contribution in [3.05, 3.63) is 233 Å². The molecule has 10 aromatic rings. The van der Waals surface area contributed by atoms with Crippen molar-refractivity contribution < 1.29 is 68.1 Å². The molecule has 1 saturated heterocycles. The van der Waals surface area contributed by atoms with Gasteiger partial charge in [0.2, 0.25) is 59.1 Å². The Bertz CT molecular complexity index is 4920. The molecule has 6 aromatic carbocycles. The summed E-state index contributed by atoms with van der Waals surface area (Å²) in [6, 6.07) is 30.1. The number of amides is 10. The number of rotatable bonds is 34. The van der Waals surface area contributed by atoms with Crippen LogP contribution in [0.4, 0.5) is 0 Å². The predicted octanol–water partition coefficient (Wildman–Crippen LogP) is 3.36. The van der Waals surface area contributed by atoms with E-state index in [2.05, 4.69) is 72.8 Å².